The van der Waals surface area contributed by atoms with Crippen LogP contribution in [0, 0.1) is 12.8 Å². The Kier molecular flexibility index (Phi) is 5.84. The Morgan fingerprint density at radius 3 is 2.65 bits per heavy atom. The maximum Gasteiger partial charge on any atom is 0.307 e. The van der Waals surface area contributed by atoms with Crippen LogP contribution in [0.25, 0.3) is 0 Å². The fraction of sp³-hybridized carbons (Fsp3) is 0.450. The van der Waals surface area contributed by atoms with Crippen molar-refractivity contribution < 1.29 is 19.4 Å². The van der Waals surface area contributed by atoms with E-state index >= 15 is 0 Å². The van der Waals surface area contributed by atoms with Gasteiger partial charge in [-0.1, -0.05) is 6.07 Å². The van der Waals surface area contributed by atoms with Crippen LogP contribution in [0.1, 0.15) is 34.9 Å². The van der Waals surface area contributed by atoms with Gasteiger partial charge >= 0.3 is 5.97 Å². The number of nitrogens with zero attached hydrogens (tertiary/aromatic N) is 1. The minimum Gasteiger partial charge on any atom is -0.493 e. The van der Waals surface area contributed by atoms with Crippen LogP contribution in [0.4, 0.5) is 0 Å². The molecule has 1 aliphatic heterocycles. The van der Waals surface area contributed by atoms with E-state index in [9.17, 15) is 9.90 Å². The van der Waals surface area contributed by atoms with Crippen LogP contribution in [0.5, 0.6) is 11.5 Å². The molecule has 26 heavy (non-hydrogen) atoms. The molecule has 2 aromatic rings. The summed E-state index contributed by atoms with van der Waals surface area (Å²) in [5, 5.41) is 11.6. The van der Waals surface area contributed by atoms with E-state index in [1.807, 2.05) is 12.1 Å². The molecule has 0 spiro atoms. The molecule has 2 heterocycles. The number of hydrogen-bond acceptors (Lipinski definition) is 5. The molecule has 0 radical (unpaired) electrons. The van der Waals surface area contributed by atoms with Crippen LogP contribution >= 0.6 is 11.3 Å². The van der Waals surface area contributed by atoms with Gasteiger partial charge in [-0.25, -0.2) is 0 Å². The summed E-state index contributed by atoms with van der Waals surface area (Å²) >= 11 is 1.72. The molecule has 1 saturated heterocycles. The largest absolute Gasteiger partial charge is 0.493 e. The number of rotatable bonds is 6. The SMILES string of the molecule is COc1ccc(C(c2sccc2C)N2CCCC(C(=O)O)C2)cc1OC. The minimum atomic E-state index is -0.705. The van der Waals surface area contributed by atoms with E-state index in [1.54, 1.807) is 25.6 Å². The predicted molar refractivity (Wildman–Crippen MR) is 102 cm³/mol. The molecule has 0 aliphatic carbocycles. The molecular formula is C20H25NO4S. The quantitative estimate of drug-likeness (QED) is 0.828. The first-order chi connectivity index (χ1) is 12.5. The van der Waals surface area contributed by atoms with Crippen molar-refractivity contribution >= 4 is 17.3 Å². The van der Waals surface area contributed by atoms with Gasteiger partial charge in [0.15, 0.2) is 11.5 Å². The number of piperidine rings is 1. The molecular weight excluding hydrogens is 350 g/mol. The van der Waals surface area contributed by atoms with Gasteiger partial charge in [0.05, 0.1) is 26.2 Å². The van der Waals surface area contributed by atoms with Crippen molar-refractivity contribution in [1.82, 2.24) is 4.90 Å². The first-order valence-electron chi connectivity index (χ1n) is 8.78. The normalized spacial score (nSPS) is 19.1. The van der Waals surface area contributed by atoms with Crippen molar-refractivity contribution in [3.63, 3.8) is 0 Å². The molecule has 1 fully saturated rings. The van der Waals surface area contributed by atoms with E-state index in [-0.39, 0.29) is 12.0 Å². The maximum absolute atomic E-state index is 11.5. The molecule has 0 amide bonds. The highest BCUT2D eigenvalue weighted by Crippen LogP contribution is 2.40. The van der Waals surface area contributed by atoms with Crippen molar-refractivity contribution in [1.29, 1.82) is 0 Å². The van der Waals surface area contributed by atoms with Crippen LogP contribution in [0.3, 0.4) is 0 Å². The molecule has 1 aromatic heterocycles. The fourth-order valence-corrected chi connectivity index (χ4v) is 4.74. The summed E-state index contributed by atoms with van der Waals surface area (Å²) in [6.45, 7) is 3.56. The Balaban J connectivity index is 2.02. The van der Waals surface area contributed by atoms with E-state index in [1.165, 1.54) is 10.4 Å². The van der Waals surface area contributed by atoms with E-state index in [0.717, 1.165) is 24.9 Å². The average molecular weight is 375 g/mol. The van der Waals surface area contributed by atoms with Gasteiger partial charge in [0.25, 0.3) is 0 Å². The lowest BCUT2D eigenvalue weighted by molar-refractivity contribution is -0.143. The Hall–Kier alpha value is -2.05. The number of ether oxygens (including phenoxy) is 2. The van der Waals surface area contributed by atoms with Crippen molar-refractivity contribution in [2.75, 3.05) is 27.3 Å². The van der Waals surface area contributed by atoms with E-state index < -0.39 is 5.97 Å². The smallest absolute Gasteiger partial charge is 0.307 e. The van der Waals surface area contributed by atoms with E-state index in [0.29, 0.717) is 18.0 Å². The van der Waals surface area contributed by atoms with Gasteiger partial charge in [-0.3, -0.25) is 9.69 Å². The molecule has 3 rings (SSSR count). The Morgan fingerprint density at radius 1 is 1.27 bits per heavy atom. The third-order valence-corrected chi connectivity index (χ3v) is 6.11. The lowest BCUT2D eigenvalue weighted by atomic mass is 9.93. The van der Waals surface area contributed by atoms with Crippen LogP contribution in [-0.2, 0) is 4.79 Å². The van der Waals surface area contributed by atoms with Gasteiger partial charge in [-0.2, -0.15) is 0 Å². The molecule has 0 saturated carbocycles. The lowest BCUT2D eigenvalue weighted by Gasteiger charge is -2.37. The number of carboxylic acids is 1. The zero-order valence-corrected chi connectivity index (χ0v) is 16.2. The Bertz CT molecular complexity index is 773. The fourth-order valence-electron chi connectivity index (χ4n) is 3.66. The summed E-state index contributed by atoms with van der Waals surface area (Å²) < 4.78 is 10.9. The summed E-state index contributed by atoms with van der Waals surface area (Å²) in [4.78, 5) is 15.1. The third-order valence-electron chi connectivity index (χ3n) is 5.04. The van der Waals surface area contributed by atoms with Crippen LogP contribution in [0.15, 0.2) is 29.6 Å². The highest BCUT2D eigenvalue weighted by Gasteiger charge is 2.32. The number of likely N-dealkylation sites (tertiary alicyclic amines) is 1. The van der Waals surface area contributed by atoms with Crippen molar-refractivity contribution in [2.24, 2.45) is 5.92 Å². The summed E-state index contributed by atoms with van der Waals surface area (Å²) in [6, 6.07) is 8.12. The second-order valence-corrected chi connectivity index (χ2v) is 7.60. The maximum atomic E-state index is 11.5. The number of carboxylic acid groups (broad SMARTS) is 1. The molecule has 140 valence electrons. The van der Waals surface area contributed by atoms with E-state index in [2.05, 4.69) is 29.3 Å². The number of benzene rings is 1. The average Bonchev–Trinajstić information content (AvgIpc) is 3.07. The van der Waals surface area contributed by atoms with Crippen molar-refractivity contribution in [3.05, 3.63) is 45.6 Å². The molecule has 5 nitrogen and oxygen atoms in total. The summed E-state index contributed by atoms with van der Waals surface area (Å²) in [5.74, 6) is 0.367. The van der Waals surface area contributed by atoms with Gasteiger partial charge < -0.3 is 14.6 Å². The Morgan fingerprint density at radius 2 is 2.04 bits per heavy atom. The molecule has 1 aliphatic rings. The first-order valence-corrected chi connectivity index (χ1v) is 9.66. The standard InChI is InChI=1S/C20H25NO4S/c1-13-8-10-26-19(13)18(21-9-4-5-15(12-21)20(22)23)14-6-7-16(24-2)17(11-14)25-3/h6-8,10-11,15,18H,4-5,9,12H2,1-3H3,(H,22,23). The van der Waals surface area contributed by atoms with Gasteiger partial charge in [0, 0.05) is 11.4 Å². The number of hydrogen-bond donors (Lipinski definition) is 1. The molecule has 0 bridgehead atoms. The molecule has 6 heteroatoms. The number of aryl methyl sites for hydroxylation is 1. The number of carbonyl (C=O) groups is 1. The van der Waals surface area contributed by atoms with Gasteiger partial charge in [0.2, 0.25) is 0 Å². The zero-order chi connectivity index (χ0) is 18.7. The van der Waals surface area contributed by atoms with Gasteiger partial charge in [-0.05, 0) is 61.0 Å². The monoisotopic (exact) mass is 375 g/mol. The van der Waals surface area contributed by atoms with Crippen LogP contribution in [-0.4, -0.2) is 43.3 Å². The predicted octanol–water partition coefficient (Wildman–Crippen LogP) is 3.96. The molecule has 1 N–H and O–H groups in total. The molecule has 1 aromatic carbocycles. The van der Waals surface area contributed by atoms with Crippen LogP contribution < -0.4 is 9.47 Å². The second-order valence-electron chi connectivity index (χ2n) is 6.66. The first kappa shape index (κ1) is 18.7. The third kappa shape index (κ3) is 3.71. The topological polar surface area (TPSA) is 59.0 Å². The number of thiophene rings is 1. The zero-order valence-electron chi connectivity index (χ0n) is 15.4. The Labute approximate surface area is 158 Å². The molecule has 2 unspecified atom stereocenters. The second kappa shape index (κ2) is 8.10. The molecule has 2 atom stereocenters. The van der Waals surface area contributed by atoms with Gasteiger partial charge in [0.1, 0.15) is 0 Å². The highest BCUT2D eigenvalue weighted by molar-refractivity contribution is 7.10. The summed E-state index contributed by atoms with van der Waals surface area (Å²) in [7, 11) is 3.26. The number of aliphatic carboxylic acids is 1. The van der Waals surface area contributed by atoms with E-state index in [4.69, 9.17) is 9.47 Å². The lowest BCUT2D eigenvalue weighted by Crippen LogP contribution is -2.41. The summed E-state index contributed by atoms with van der Waals surface area (Å²) in [5.41, 5.74) is 2.33. The summed E-state index contributed by atoms with van der Waals surface area (Å²) in [6.07, 6.45) is 1.64. The number of methoxy groups -OCH3 is 2. The van der Waals surface area contributed by atoms with Crippen molar-refractivity contribution in [2.45, 2.75) is 25.8 Å². The van der Waals surface area contributed by atoms with Crippen LogP contribution in [0.2, 0.25) is 0 Å². The van der Waals surface area contributed by atoms with Gasteiger partial charge in [-0.15, -0.1) is 11.3 Å². The van der Waals surface area contributed by atoms with Crippen molar-refractivity contribution in [3.8, 4) is 11.5 Å². The minimum absolute atomic E-state index is 0.0250. The highest BCUT2D eigenvalue weighted by atomic mass is 32.1.